The summed E-state index contributed by atoms with van der Waals surface area (Å²) in [5, 5.41) is 33.3. The summed E-state index contributed by atoms with van der Waals surface area (Å²) >= 11 is 6.66. The Balaban J connectivity index is 1.52. The third-order valence-electron chi connectivity index (χ3n) is 7.33. The third kappa shape index (κ3) is 5.77. The molecule has 2 aromatic carbocycles. The number of amides is 1. The van der Waals surface area contributed by atoms with Crippen molar-refractivity contribution >= 4 is 28.4 Å². The van der Waals surface area contributed by atoms with Crippen molar-refractivity contribution in [1.82, 2.24) is 20.5 Å². The van der Waals surface area contributed by atoms with E-state index in [0.717, 1.165) is 6.07 Å². The van der Waals surface area contributed by atoms with E-state index in [2.05, 4.69) is 20.5 Å². The number of nitrogens with one attached hydrogen (secondary N) is 1. The van der Waals surface area contributed by atoms with Crippen LogP contribution in [0.25, 0.3) is 22.2 Å². The molecule has 1 saturated carbocycles. The number of hydrogen-bond acceptors (Lipinski definition) is 7. The molecule has 1 atom stereocenters. The Labute approximate surface area is 244 Å². The third-order valence-corrected chi connectivity index (χ3v) is 7.71. The van der Waals surface area contributed by atoms with Crippen molar-refractivity contribution in [3.8, 4) is 17.0 Å². The van der Waals surface area contributed by atoms with Crippen LogP contribution in [0.2, 0.25) is 5.02 Å². The molecule has 3 N–H and O–H groups in total. The van der Waals surface area contributed by atoms with Crippen LogP contribution in [-0.4, -0.2) is 45.0 Å². The topological polar surface area (TPSA) is 117 Å². The van der Waals surface area contributed by atoms with Crippen molar-refractivity contribution in [2.75, 3.05) is 13.7 Å². The average molecular weight is 601 g/mol. The standard InChI is InChI=1S/C30H28ClF3N4O4/c1-29(2,40)20-13-23(36-26(24(20)31)15-4-8-19(32)9-5-15)30(41,18-6-7-18)14-35-28(39)17-10-16-11-21(27(33)34)37-38-25(16)22(12-17)42-3/h4-5,8-13,18,27,40-41H,6-7,14H2,1-3H3,(H,35,39). The summed E-state index contributed by atoms with van der Waals surface area (Å²) < 4.78 is 45.4. The van der Waals surface area contributed by atoms with Gasteiger partial charge in [0.1, 0.15) is 28.4 Å². The van der Waals surface area contributed by atoms with Gasteiger partial charge < -0.3 is 20.3 Å². The second-order valence-corrected chi connectivity index (χ2v) is 11.2. The highest BCUT2D eigenvalue weighted by atomic mass is 35.5. The maximum absolute atomic E-state index is 13.6. The van der Waals surface area contributed by atoms with Crippen molar-refractivity contribution < 1.29 is 32.9 Å². The fourth-order valence-corrected chi connectivity index (χ4v) is 5.29. The quantitative estimate of drug-likeness (QED) is 0.226. The minimum absolute atomic E-state index is 0.0963. The zero-order valence-corrected chi connectivity index (χ0v) is 23.7. The highest BCUT2D eigenvalue weighted by Gasteiger charge is 2.47. The number of carbonyl (C=O) groups is 1. The summed E-state index contributed by atoms with van der Waals surface area (Å²) in [5.74, 6) is -1.13. The second-order valence-electron chi connectivity index (χ2n) is 10.9. The first-order valence-electron chi connectivity index (χ1n) is 13.2. The van der Waals surface area contributed by atoms with E-state index < -0.39 is 35.0 Å². The van der Waals surface area contributed by atoms with Gasteiger partial charge in [0.15, 0.2) is 0 Å². The second kappa shape index (κ2) is 11.1. The van der Waals surface area contributed by atoms with Gasteiger partial charge in [-0.15, -0.1) is 10.2 Å². The highest BCUT2D eigenvalue weighted by molar-refractivity contribution is 6.34. The lowest BCUT2D eigenvalue weighted by Gasteiger charge is -2.31. The summed E-state index contributed by atoms with van der Waals surface area (Å²) in [7, 11) is 1.36. The van der Waals surface area contributed by atoms with Crippen molar-refractivity contribution in [3.63, 3.8) is 0 Å². The largest absolute Gasteiger partial charge is 0.494 e. The number of fused-ring (bicyclic) bond motifs is 1. The number of rotatable bonds is 9. The van der Waals surface area contributed by atoms with Crippen LogP contribution in [0.3, 0.4) is 0 Å². The first-order valence-corrected chi connectivity index (χ1v) is 13.5. The number of alkyl halides is 2. The minimum Gasteiger partial charge on any atom is -0.494 e. The maximum Gasteiger partial charge on any atom is 0.282 e. The predicted octanol–water partition coefficient (Wildman–Crippen LogP) is 5.69. The molecule has 0 aliphatic heterocycles. The van der Waals surface area contributed by atoms with Gasteiger partial charge >= 0.3 is 0 Å². The Hall–Kier alpha value is -3.80. The van der Waals surface area contributed by atoms with Crippen LogP contribution in [0.4, 0.5) is 13.2 Å². The number of aromatic nitrogens is 3. The average Bonchev–Trinajstić information content (AvgIpc) is 3.81. The first-order chi connectivity index (χ1) is 19.8. The van der Waals surface area contributed by atoms with Gasteiger partial charge in [-0.05, 0) is 81.1 Å². The molecule has 1 aliphatic rings. The Morgan fingerprint density at radius 2 is 1.81 bits per heavy atom. The summed E-state index contributed by atoms with van der Waals surface area (Å²) in [4.78, 5) is 18.0. The van der Waals surface area contributed by atoms with E-state index in [1.54, 1.807) is 13.8 Å². The fourth-order valence-electron chi connectivity index (χ4n) is 4.85. The highest BCUT2D eigenvalue weighted by Crippen LogP contribution is 2.47. The van der Waals surface area contributed by atoms with Crippen LogP contribution in [0.15, 0.2) is 48.5 Å². The molecule has 1 amide bonds. The summed E-state index contributed by atoms with van der Waals surface area (Å²) in [6.45, 7) is 2.83. The number of carbonyl (C=O) groups excluding carboxylic acids is 1. The predicted molar refractivity (Wildman–Crippen MR) is 150 cm³/mol. The van der Waals surface area contributed by atoms with Crippen molar-refractivity contribution in [2.45, 2.75) is 44.3 Å². The van der Waals surface area contributed by atoms with Crippen LogP contribution in [0.1, 0.15) is 60.4 Å². The molecule has 220 valence electrons. The molecule has 1 fully saturated rings. The van der Waals surface area contributed by atoms with Crippen molar-refractivity contribution in [1.29, 1.82) is 0 Å². The molecule has 4 aromatic rings. The van der Waals surface area contributed by atoms with Crippen molar-refractivity contribution in [2.24, 2.45) is 5.92 Å². The number of pyridine rings is 1. The van der Waals surface area contributed by atoms with E-state index in [0.29, 0.717) is 24.0 Å². The number of nitrogens with zero attached hydrogens (tertiary/aromatic N) is 3. The van der Waals surface area contributed by atoms with Crippen molar-refractivity contribution in [3.05, 3.63) is 81.9 Å². The monoisotopic (exact) mass is 600 g/mol. The number of halogens is 4. The first kappa shape index (κ1) is 29.7. The number of aliphatic hydroxyl groups is 2. The van der Waals surface area contributed by atoms with Gasteiger partial charge in [-0.2, -0.15) is 0 Å². The molecule has 5 rings (SSSR count). The van der Waals surface area contributed by atoms with E-state index in [1.165, 1.54) is 49.6 Å². The number of benzene rings is 2. The van der Waals surface area contributed by atoms with Gasteiger partial charge in [0.25, 0.3) is 12.3 Å². The lowest BCUT2D eigenvalue weighted by atomic mass is 9.88. The molecule has 42 heavy (non-hydrogen) atoms. The molecule has 2 aromatic heterocycles. The van der Waals surface area contributed by atoms with Gasteiger partial charge in [0.05, 0.1) is 35.7 Å². The fraction of sp³-hybridized carbons (Fsp3) is 0.333. The Morgan fingerprint density at radius 3 is 2.40 bits per heavy atom. The van der Waals surface area contributed by atoms with Crippen LogP contribution in [0.5, 0.6) is 5.75 Å². The maximum atomic E-state index is 13.6. The Morgan fingerprint density at radius 1 is 1.12 bits per heavy atom. The Kier molecular flexibility index (Phi) is 7.86. The zero-order valence-electron chi connectivity index (χ0n) is 23.0. The van der Waals surface area contributed by atoms with Gasteiger partial charge in [0, 0.05) is 22.1 Å². The van der Waals surface area contributed by atoms with Crippen LogP contribution in [-0.2, 0) is 11.2 Å². The lowest BCUT2D eigenvalue weighted by Crippen LogP contribution is -2.43. The van der Waals surface area contributed by atoms with E-state index in [9.17, 15) is 28.2 Å². The molecule has 8 nitrogen and oxygen atoms in total. The van der Waals surface area contributed by atoms with Crippen LogP contribution in [0, 0.1) is 11.7 Å². The van der Waals surface area contributed by atoms with Crippen LogP contribution >= 0.6 is 11.6 Å². The van der Waals surface area contributed by atoms with E-state index in [1.807, 2.05) is 0 Å². The summed E-state index contributed by atoms with van der Waals surface area (Å²) in [6.07, 6.45) is -1.52. The molecule has 1 aliphatic carbocycles. The SMILES string of the molecule is COc1cc(C(=O)NCC(O)(c2cc(C(C)(C)O)c(Cl)c(-c3ccc(F)cc3)n2)C2CC2)cc2cc(C(F)F)nnc12. The molecule has 1 unspecified atom stereocenters. The Bertz CT molecular complexity index is 1660. The van der Waals surface area contributed by atoms with Gasteiger partial charge in [-0.25, -0.2) is 18.2 Å². The zero-order chi connectivity index (χ0) is 30.4. The molecule has 2 heterocycles. The molecule has 0 spiro atoms. The molecule has 0 bridgehead atoms. The van der Waals surface area contributed by atoms with Gasteiger partial charge in [-0.3, -0.25) is 4.79 Å². The molecule has 0 saturated heterocycles. The molecule has 12 heteroatoms. The van der Waals surface area contributed by atoms with Crippen LogP contribution < -0.4 is 10.1 Å². The molecular formula is C30H28ClF3N4O4. The van der Waals surface area contributed by atoms with E-state index in [-0.39, 0.29) is 51.1 Å². The van der Waals surface area contributed by atoms with Gasteiger partial charge in [0.2, 0.25) is 0 Å². The molecule has 0 radical (unpaired) electrons. The summed E-state index contributed by atoms with van der Waals surface area (Å²) in [5.41, 5.74) is -2.10. The number of hydrogen-bond donors (Lipinski definition) is 3. The lowest BCUT2D eigenvalue weighted by molar-refractivity contribution is 0.00889. The number of ether oxygens (including phenoxy) is 1. The normalized spacial score (nSPS) is 15.1. The van der Waals surface area contributed by atoms with E-state index >= 15 is 0 Å². The smallest absolute Gasteiger partial charge is 0.282 e. The summed E-state index contributed by atoms with van der Waals surface area (Å²) in [6, 6.07) is 11.0. The van der Waals surface area contributed by atoms with Gasteiger partial charge in [-0.1, -0.05) is 11.6 Å². The number of methoxy groups -OCH3 is 1. The minimum atomic E-state index is -2.85. The molecular weight excluding hydrogens is 573 g/mol. The van der Waals surface area contributed by atoms with E-state index in [4.69, 9.17) is 16.3 Å².